The third kappa shape index (κ3) is 6.76. The zero-order valence-electron chi connectivity index (χ0n) is 21.3. The summed E-state index contributed by atoms with van der Waals surface area (Å²) in [4.78, 5) is 17.3. The second kappa shape index (κ2) is 11.7. The van der Waals surface area contributed by atoms with E-state index < -0.39 is 0 Å². The Balaban J connectivity index is 1.31. The van der Waals surface area contributed by atoms with Gasteiger partial charge in [-0.3, -0.25) is 4.79 Å². The summed E-state index contributed by atoms with van der Waals surface area (Å²) in [5.74, 6) is 1.89. The van der Waals surface area contributed by atoms with Crippen molar-refractivity contribution in [3.05, 3.63) is 94.2 Å². The smallest absolute Gasteiger partial charge is 0.251 e. The molecule has 0 spiro atoms. The van der Waals surface area contributed by atoms with Crippen molar-refractivity contribution in [2.75, 3.05) is 13.2 Å². The van der Waals surface area contributed by atoms with E-state index in [0.29, 0.717) is 18.7 Å². The van der Waals surface area contributed by atoms with Gasteiger partial charge in [0, 0.05) is 29.5 Å². The Labute approximate surface area is 222 Å². The lowest BCUT2D eigenvalue weighted by atomic mass is 9.87. The predicted molar refractivity (Wildman–Crippen MR) is 150 cm³/mol. The molecule has 0 unspecified atom stereocenters. The van der Waals surface area contributed by atoms with E-state index in [2.05, 4.69) is 89.0 Å². The van der Waals surface area contributed by atoms with E-state index in [9.17, 15) is 4.79 Å². The van der Waals surface area contributed by atoms with Crippen molar-refractivity contribution in [3.8, 4) is 5.75 Å². The number of halogens is 1. The first-order chi connectivity index (χ1) is 17.3. The average Bonchev–Trinajstić information content (AvgIpc) is 3.21. The number of para-hydroxylation sites is 2. The van der Waals surface area contributed by atoms with Gasteiger partial charge in [0.25, 0.3) is 5.91 Å². The van der Waals surface area contributed by atoms with Crippen LogP contribution in [0.1, 0.15) is 55.4 Å². The Morgan fingerprint density at radius 3 is 2.53 bits per heavy atom. The summed E-state index contributed by atoms with van der Waals surface area (Å²) in [5, 5.41) is 3.02. The number of nitrogens with zero attached hydrogens (tertiary/aromatic N) is 2. The molecular formula is C30H34BrN3O2. The molecule has 4 aromatic rings. The van der Waals surface area contributed by atoms with E-state index in [1.807, 2.05) is 30.3 Å². The van der Waals surface area contributed by atoms with Crippen LogP contribution in [-0.4, -0.2) is 28.6 Å². The lowest BCUT2D eigenvalue weighted by molar-refractivity contribution is 0.0953. The second-order valence-corrected chi connectivity index (χ2v) is 10.9. The number of aromatic nitrogens is 2. The van der Waals surface area contributed by atoms with Crippen LogP contribution < -0.4 is 10.1 Å². The van der Waals surface area contributed by atoms with Gasteiger partial charge >= 0.3 is 0 Å². The summed E-state index contributed by atoms with van der Waals surface area (Å²) in [6, 6.07) is 24.1. The van der Waals surface area contributed by atoms with Crippen LogP contribution in [0.4, 0.5) is 0 Å². The number of carbonyl (C=O) groups excluding carboxylic acids is 1. The molecule has 36 heavy (non-hydrogen) atoms. The van der Waals surface area contributed by atoms with Crippen molar-refractivity contribution in [2.24, 2.45) is 0 Å². The Morgan fingerprint density at radius 1 is 1.00 bits per heavy atom. The molecule has 0 bridgehead atoms. The van der Waals surface area contributed by atoms with Crippen molar-refractivity contribution in [1.82, 2.24) is 14.9 Å². The Hall–Kier alpha value is -3.12. The van der Waals surface area contributed by atoms with Gasteiger partial charge < -0.3 is 14.6 Å². The SMILES string of the molecule is CC(C)(C)c1ccc(OCCCn2c(CCCNC(=O)c3cccc(Br)c3)nc3ccccc32)cc1. The number of ether oxygens (including phenoxy) is 1. The largest absolute Gasteiger partial charge is 0.494 e. The van der Waals surface area contributed by atoms with Crippen LogP contribution in [0, 0.1) is 0 Å². The lowest BCUT2D eigenvalue weighted by Gasteiger charge is -2.19. The predicted octanol–water partition coefficient (Wildman–Crippen LogP) is 6.93. The molecule has 4 rings (SSSR count). The van der Waals surface area contributed by atoms with Crippen molar-refractivity contribution in [2.45, 2.75) is 52.0 Å². The molecule has 0 aliphatic heterocycles. The van der Waals surface area contributed by atoms with Crippen molar-refractivity contribution >= 4 is 32.9 Å². The summed E-state index contributed by atoms with van der Waals surface area (Å²) in [7, 11) is 0. The Bertz CT molecular complexity index is 1310. The summed E-state index contributed by atoms with van der Waals surface area (Å²) in [6.45, 7) is 8.72. The van der Waals surface area contributed by atoms with Gasteiger partial charge in [-0.1, -0.05) is 67.0 Å². The first-order valence-corrected chi connectivity index (χ1v) is 13.3. The number of amides is 1. The number of imidazole rings is 1. The first-order valence-electron chi connectivity index (χ1n) is 12.5. The maximum absolute atomic E-state index is 12.4. The van der Waals surface area contributed by atoms with Crippen LogP contribution in [-0.2, 0) is 18.4 Å². The molecule has 6 heteroatoms. The summed E-state index contributed by atoms with van der Waals surface area (Å²) < 4.78 is 9.20. The number of nitrogens with one attached hydrogen (secondary N) is 1. The third-order valence-corrected chi connectivity index (χ3v) is 6.69. The molecule has 0 saturated carbocycles. The highest BCUT2D eigenvalue weighted by Crippen LogP contribution is 2.24. The Kier molecular flexibility index (Phi) is 8.47. The molecular weight excluding hydrogens is 514 g/mol. The van der Waals surface area contributed by atoms with Gasteiger partial charge in [-0.15, -0.1) is 0 Å². The van der Waals surface area contributed by atoms with Crippen LogP contribution in [0.15, 0.2) is 77.3 Å². The van der Waals surface area contributed by atoms with Crippen LogP contribution in [0.3, 0.4) is 0 Å². The van der Waals surface area contributed by atoms with Crippen LogP contribution in [0.2, 0.25) is 0 Å². The molecule has 3 aromatic carbocycles. The molecule has 0 aliphatic carbocycles. The van der Waals surface area contributed by atoms with Crippen molar-refractivity contribution < 1.29 is 9.53 Å². The maximum Gasteiger partial charge on any atom is 0.251 e. The van der Waals surface area contributed by atoms with Gasteiger partial charge in [0.15, 0.2) is 0 Å². The van der Waals surface area contributed by atoms with Gasteiger partial charge in [-0.05, 0) is 66.3 Å². The molecule has 1 heterocycles. The fraction of sp³-hybridized carbons (Fsp3) is 0.333. The lowest BCUT2D eigenvalue weighted by Crippen LogP contribution is -2.25. The quantitative estimate of drug-likeness (QED) is 0.219. The monoisotopic (exact) mass is 547 g/mol. The Morgan fingerprint density at radius 2 is 1.78 bits per heavy atom. The molecule has 0 radical (unpaired) electrons. The molecule has 1 aromatic heterocycles. The molecule has 1 N–H and O–H groups in total. The third-order valence-electron chi connectivity index (χ3n) is 6.20. The van der Waals surface area contributed by atoms with E-state index in [-0.39, 0.29) is 11.3 Å². The minimum atomic E-state index is -0.0579. The summed E-state index contributed by atoms with van der Waals surface area (Å²) in [5.41, 5.74) is 4.24. The molecule has 0 fully saturated rings. The summed E-state index contributed by atoms with van der Waals surface area (Å²) >= 11 is 3.42. The second-order valence-electron chi connectivity index (χ2n) is 10.0. The number of aryl methyl sites for hydroxylation is 2. The standard InChI is InChI=1S/C30H34BrN3O2/c1-30(2,3)23-14-16-25(17-15-23)36-20-8-19-34-27-12-5-4-11-26(27)33-28(34)13-7-18-32-29(35)22-9-6-10-24(31)21-22/h4-6,9-12,14-17,21H,7-8,13,18-20H2,1-3H3,(H,32,35). The molecule has 0 saturated heterocycles. The van der Waals surface area contributed by atoms with Gasteiger partial charge in [0.2, 0.25) is 0 Å². The van der Waals surface area contributed by atoms with Crippen LogP contribution in [0.25, 0.3) is 11.0 Å². The molecule has 0 aliphatic rings. The maximum atomic E-state index is 12.4. The van der Waals surface area contributed by atoms with Gasteiger partial charge in [-0.25, -0.2) is 4.98 Å². The van der Waals surface area contributed by atoms with E-state index >= 15 is 0 Å². The zero-order valence-corrected chi connectivity index (χ0v) is 22.8. The fourth-order valence-corrected chi connectivity index (χ4v) is 4.61. The number of fused-ring (bicyclic) bond motifs is 1. The normalized spacial score (nSPS) is 11.6. The molecule has 5 nitrogen and oxygen atoms in total. The molecule has 1 amide bonds. The number of benzene rings is 3. The van der Waals surface area contributed by atoms with Crippen LogP contribution in [0.5, 0.6) is 5.75 Å². The van der Waals surface area contributed by atoms with Crippen molar-refractivity contribution in [1.29, 1.82) is 0 Å². The highest BCUT2D eigenvalue weighted by Gasteiger charge is 2.13. The minimum absolute atomic E-state index is 0.0579. The van der Waals surface area contributed by atoms with E-state index in [1.165, 1.54) is 5.56 Å². The summed E-state index contributed by atoms with van der Waals surface area (Å²) in [6.07, 6.45) is 2.50. The first kappa shape index (κ1) is 26.0. The molecule has 188 valence electrons. The van der Waals surface area contributed by atoms with Crippen LogP contribution >= 0.6 is 15.9 Å². The minimum Gasteiger partial charge on any atom is -0.494 e. The van der Waals surface area contributed by atoms with E-state index in [4.69, 9.17) is 9.72 Å². The highest BCUT2D eigenvalue weighted by molar-refractivity contribution is 9.10. The van der Waals surface area contributed by atoms with E-state index in [1.54, 1.807) is 0 Å². The highest BCUT2D eigenvalue weighted by atomic mass is 79.9. The zero-order chi connectivity index (χ0) is 25.5. The number of hydrogen-bond donors (Lipinski definition) is 1. The van der Waals surface area contributed by atoms with E-state index in [0.717, 1.165) is 52.9 Å². The average molecular weight is 549 g/mol. The number of rotatable bonds is 10. The van der Waals surface area contributed by atoms with Gasteiger partial charge in [0.05, 0.1) is 17.6 Å². The molecule has 0 atom stereocenters. The number of hydrogen-bond acceptors (Lipinski definition) is 3. The van der Waals surface area contributed by atoms with Gasteiger partial charge in [-0.2, -0.15) is 0 Å². The van der Waals surface area contributed by atoms with Gasteiger partial charge in [0.1, 0.15) is 11.6 Å². The topological polar surface area (TPSA) is 56.1 Å². The van der Waals surface area contributed by atoms with Crippen molar-refractivity contribution in [3.63, 3.8) is 0 Å². The fourth-order valence-electron chi connectivity index (χ4n) is 4.21. The number of carbonyl (C=O) groups is 1.